The predicted octanol–water partition coefficient (Wildman–Crippen LogP) is 6.45. The molecule has 1 amide bonds. The number of aromatic nitrogens is 2. The van der Waals surface area contributed by atoms with Crippen molar-refractivity contribution < 1.29 is 18.0 Å². The molecule has 3 aromatic carbocycles. The maximum absolute atomic E-state index is 13.0. The van der Waals surface area contributed by atoms with E-state index in [1.165, 1.54) is 12.1 Å². The van der Waals surface area contributed by atoms with Gasteiger partial charge in [0.2, 0.25) is 5.95 Å². The number of halogens is 3. The largest absolute Gasteiger partial charge is 0.416 e. The van der Waals surface area contributed by atoms with Gasteiger partial charge in [-0.25, -0.2) is 9.97 Å². The molecule has 2 N–H and O–H groups in total. The van der Waals surface area contributed by atoms with Crippen molar-refractivity contribution in [3.8, 4) is 11.1 Å². The van der Waals surface area contributed by atoms with E-state index in [0.717, 1.165) is 52.6 Å². The highest BCUT2D eigenvalue weighted by Gasteiger charge is 2.30. The number of anilines is 2. The Morgan fingerprint density at radius 3 is 2.62 bits per heavy atom. The SMILES string of the molecule is Cc1ccc(C(=O)Nc2cccc(C(F)(F)F)c2)cc1-c1ccc2nc(NC3CC3)ncc2c1. The van der Waals surface area contributed by atoms with E-state index in [9.17, 15) is 18.0 Å². The lowest BCUT2D eigenvalue weighted by molar-refractivity contribution is -0.137. The van der Waals surface area contributed by atoms with E-state index in [0.29, 0.717) is 17.6 Å². The summed E-state index contributed by atoms with van der Waals surface area (Å²) in [7, 11) is 0. The standard InChI is InChI=1S/C26H21F3N4O/c1-15-5-6-17(24(34)31-21-4-2-3-19(13-21)26(27,28)29)12-22(15)16-7-10-23-18(11-16)14-30-25(33-23)32-20-8-9-20/h2-7,10-14,20H,8-9H2,1H3,(H,31,34)(H,30,32,33). The van der Waals surface area contributed by atoms with Crippen LogP contribution < -0.4 is 10.6 Å². The third kappa shape index (κ3) is 4.71. The van der Waals surface area contributed by atoms with Crippen molar-refractivity contribution in [2.45, 2.75) is 32.0 Å². The van der Waals surface area contributed by atoms with E-state index in [1.54, 1.807) is 18.3 Å². The minimum atomic E-state index is -4.48. The van der Waals surface area contributed by atoms with Crippen LogP contribution in [-0.2, 0) is 6.18 Å². The maximum Gasteiger partial charge on any atom is 0.416 e. The van der Waals surface area contributed by atoms with Crippen LogP contribution in [0.1, 0.15) is 34.3 Å². The number of aryl methyl sites for hydroxylation is 1. The minimum absolute atomic E-state index is 0.0837. The first-order valence-corrected chi connectivity index (χ1v) is 10.9. The van der Waals surface area contributed by atoms with Gasteiger partial charge in [0.25, 0.3) is 5.91 Å². The molecule has 8 heteroatoms. The van der Waals surface area contributed by atoms with Crippen LogP contribution in [0.4, 0.5) is 24.8 Å². The average Bonchev–Trinajstić information content (AvgIpc) is 3.62. The van der Waals surface area contributed by atoms with Crippen molar-refractivity contribution >= 4 is 28.4 Å². The van der Waals surface area contributed by atoms with Crippen molar-refractivity contribution in [3.63, 3.8) is 0 Å². The lowest BCUT2D eigenvalue weighted by Gasteiger charge is -2.12. The van der Waals surface area contributed by atoms with Crippen LogP contribution in [0.3, 0.4) is 0 Å². The van der Waals surface area contributed by atoms with Crippen LogP contribution in [0, 0.1) is 6.92 Å². The zero-order valence-corrected chi connectivity index (χ0v) is 18.3. The van der Waals surface area contributed by atoms with Gasteiger partial charge in [0.1, 0.15) is 0 Å². The Balaban J connectivity index is 1.41. The van der Waals surface area contributed by atoms with Crippen LogP contribution in [0.2, 0.25) is 0 Å². The van der Waals surface area contributed by atoms with E-state index < -0.39 is 17.6 Å². The van der Waals surface area contributed by atoms with Crippen LogP contribution in [-0.4, -0.2) is 21.9 Å². The summed E-state index contributed by atoms with van der Waals surface area (Å²) in [6, 6.07) is 16.1. The zero-order valence-electron chi connectivity index (χ0n) is 18.3. The molecule has 0 radical (unpaired) electrons. The lowest BCUT2D eigenvalue weighted by Crippen LogP contribution is -2.13. The summed E-state index contributed by atoms with van der Waals surface area (Å²) in [6.07, 6.45) is -0.434. The normalized spacial score (nSPS) is 13.6. The van der Waals surface area contributed by atoms with E-state index in [1.807, 2.05) is 31.2 Å². The Hall–Kier alpha value is -3.94. The highest BCUT2D eigenvalue weighted by atomic mass is 19.4. The minimum Gasteiger partial charge on any atom is -0.351 e. The second-order valence-corrected chi connectivity index (χ2v) is 8.45. The number of alkyl halides is 3. The highest BCUT2D eigenvalue weighted by molar-refractivity contribution is 6.05. The Morgan fingerprint density at radius 1 is 1.03 bits per heavy atom. The maximum atomic E-state index is 13.0. The number of nitrogens with one attached hydrogen (secondary N) is 2. The summed E-state index contributed by atoms with van der Waals surface area (Å²) in [6.45, 7) is 1.94. The number of rotatable bonds is 5. The van der Waals surface area contributed by atoms with E-state index in [2.05, 4.69) is 20.6 Å². The summed E-state index contributed by atoms with van der Waals surface area (Å²) in [5.74, 6) is 0.132. The van der Waals surface area contributed by atoms with Gasteiger partial charge in [-0.1, -0.05) is 18.2 Å². The molecule has 0 spiro atoms. The molecular weight excluding hydrogens is 441 g/mol. The van der Waals surface area contributed by atoms with Crippen LogP contribution >= 0.6 is 0 Å². The second kappa shape index (κ2) is 8.44. The van der Waals surface area contributed by atoms with Crippen molar-refractivity contribution in [2.24, 2.45) is 0 Å². The molecule has 1 heterocycles. The quantitative estimate of drug-likeness (QED) is 0.358. The molecule has 0 saturated heterocycles. The molecule has 34 heavy (non-hydrogen) atoms. The topological polar surface area (TPSA) is 66.9 Å². The number of hydrogen-bond donors (Lipinski definition) is 2. The smallest absolute Gasteiger partial charge is 0.351 e. The number of nitrogens with zero attached hydrogens (tertiary/aromatic N) is 2. The molecule has 1 aliphatic rings. The number of benzene rings is 3. The molecule has 0 bridgehead atoms. The number of hydrogen-bond acceptors (Lipinski definition) is 4. The first-order chi connectivity index (χ1) is 16.3. The van der Waals surface area contributed by atoms with Gasteiger partial charge in [0, 0.05) is 28.9 Å². The number of carbonyl (C=O) groups is 1. The molecule has 1 aliphatic carbocycles. The molecule has 4 aromatic rings. The van der Waals surface area contributed by atoms with Crippen molar-refractivity contribution in [2.75, 3.05) is 10.6 Å². The van der Waals surface area contributed by atoms with Gasteiger partial charge in [-0.2, -0.15) is 13.2 Å². The number of fused-ring (bicyclic) bond motifs is 1. The van der Waals surface area contributed by atoms with Gasteiger partial charge in [0.15, 0.2) is 0 Å². The van der Waals surface area contributed by atoms with Crippen LogP contribution in [0.25, 0.3) is 22.0 Å². The number of carbonyl (C=O) groups excluding carboxylic acids is 1. The summed E-state index contributed by atoms with van der Waals surface area (Å²) in [4.78, 5) is 21.8. The third-order valence-electron chi connectivity index (χ3n) is 5.75. The summed E-state index contributed by atoms with van der Waals surface area (Å²) in [5, 5.41) is 6.72. The van der Waals surface area contributed by atoms with Gasteiger partial charge in [-0.3, -0.25) is 4.79 Å². The fourth-order valence-corrected chi connectivity index (χ4v) is 3.73. The fraction of sp³-hybridized carbons (Fsp3) is 0.192. The van der Waals surface area contributed by atoms with Crippen LogP contribution in [0.5, 0.6) is 0 Å². The zero-order chi connectivity index (χ0) is 23.9. The molecule has 1 fully saturated rings. The second-order valence-electron chi connectivity index (χ2n) is 8.45. The monoisotopic (exact) mass is 462 g/mol. The molecule has 0 atom stereocenters. The van der Waals surface area contributed by atoms with Crippen LogP contribution in [0.15, 0.2) is 66.9 Å². The summed E-state index contributed by atoms with van der Waals surface area (Å²) in [5.41, 5.74) is 3.13. The third-order valence-corrected chi connectivity index (χ3v) is 5.75. The molecule has 1 saturated carbocycles. The highest BCUT2D eigenvalue weighted by Crippen LogP contribution is 2.32. The molecule has 172 valence electrons. The van der Waals surface area contributed by atoms with Crippen molar-refractivity contribution in [1.82, 2.24) is 9.97 Å². The Labute approximate surface area is 194 Å². The summed E-state index contributed by atoms with van der Waals surface area (Å²) < 4.78 is 38.9. The Kier molecular flexibility index (Phi) is 5.43. The van der Waals surface area contributed by atoms with Gasteiger partial charge in [-0.15, -0.1) is 0 Å². The molecule has 5 nitrogen and oxygen atoms in total. The summed E-state index contributed by atoms with van der Waals surface area (Å²) >= 11 is 0. The Bertz CT molecular complexity index is 1400. The molecule has 1 aromatic heterocycles. The van der Waals surface area contributed by atoms with Gasteiger partial charge in [-0.05, 0) is 78.9 Å². The van der Waals surface area contributed by atoms with E-state index in [4.69, 9.17) is 0 Å². The van der Waals surface area contributed by atoms with E-state index in [-0.39, 0.29) is 5.69 Å². The first kappa shape index (κ1) is 21.9. The first-order valence-electron chi connectivity index (χ1n) is 10.9. The number of amides is 1. The molecule has 0 aliphatic heterocycles. The molecular formula is C26H21F3N4O. The fourth-order valence-electron chi connectivity index (χ4n) is 3.73. The average molecular weight is 462 g/mol. The Morgan fingerprint density at radius 2 is 1.85 bits per heavy atom. The van der Waals surface area contributed by atoms with Crippen molar-refractivity contribution in [1.29, 1.82) is 0 Å². The van der Waals surface area contributed by atoms with Gasteiger partial charge in [0.05, 0.1) is 11.1 Å². The molecule has 0 unspecified atom stereocenters. The lowest BCUT2D eigenvalue weighted by atomic mass is 9.97. The van der Waals surface area contributed by atoms with Gasteiger partial charge >= 0.3 is 6.18 Å². The van der Waals surface area contributed by atoms with Crippen molar-refractivity contribution in [3.05, 3.63) is 83.6 Å². The molecule has 5 rings (SSSR count). The van der Waals surface area contributed by atoms with E-state index >= 15 is 0 Å². The predicted molar refractivity (Wildman–Crippen MR) is 126 cm³/mol. The van der Waals surface area contributed by atoms with Gasteiger partial charge < -0.3 is 10.6 Å².